The third-order valence-corrected chi connectivity index (χ3v) is 18.4. The number of hydrogen-bond acceptors (Lipinski definition) is 17. The summed E-state index contributed by atoms with van der Waals surface area (Å²) < 4.78 is 59.6. The molecule has 17 nitrogen and oxygen atoms in total. The minimum absolute atomic E-state index is 0.00177. The first-order valence-corrected chi connectivity index (χ1v) is 31.6. The average Bonchev–Trinajstić information content (AvgIpc) is 0.853. The zero-order valence-corrected chi connectivity index (χ0v) is 52.7. The number of benzene rings is 4. The Labute approximate surface area is 543 Å². The number of thioether (sulfide) groups is 4. The molecular formula is C68H48F4N12O5S4. The van der Waals surface area contributed by atoms with Crippen molar-refractivity contribution in [1.29, 1.82) is 21.0 Å². The van der Waals surface area contributed by atoms with Gasteiger partial charge in [0.1, 0.15) is 69.8 Å². The lowest BCUT2D eigenvalue weighted by molar-refractivity contribution is 0.394. The first-order valence-electron chi connectivity index (χ1n) is 27.6. The number of H-pyrrole nitrogens is 4. The normalized spacial score (nSPS) is 10.6. The number of nitrogens with one attached hydrogen (secondary N) is 4. The van der Waals surface area contributed by atoms with Crippen LogP contribution < -0.4 is 27.0 Å². The topological polar surface area (TPSA) is 287 Å². The molecule has 12 aromatic rings. The van der Waals surface area contributed by atoms with Crippen LogP contribution in [0.1, 0.15) is 61.3 Å². The Hall–Kier alpha value is -10.8. The van der Waals surface area contributed by atoms with Gasteiger partial charge in [0.15, 0.2) is 0 Å². The van der Waals surface area contributed by atoms with Crippen molar-refractivity contribution < 1.29 is 22.3 Å². The lowest BCUT2D eigenvalue weighted by Crippen LogP contribution is -2.12. The van der Waals surface area contributed by atoms with Crippen LogP contribution in [0.4, 0.5) is 17.6 Å². The van der Waals surface area contributed by atoms with Gasteiger partial charge >= 0.3 is 0 Å². The molecule has 8 aromatic heterocycles. The van der Waals surface area contributed by atoms with E-state index in [9.17, 15) is 36.7 Å². The van der Waals surface area contributed by atoms with E-state index in [-0.39, 0.29) is 22.3 Å². The smallest absolute Gasteiger partial charge is 0.267 e. The van der Waals surface area contributed by atoms with Gasteiger partial charge in [-0.25, -0.2) is 22.5 Å². The molecule has 0 aliphatic heterocycles. The SMILES string of the molecule is COc1ncccc1CSc1[nH]c(=O)c(C#N)c2ccc(F)cc12.Cc1ccncc1CSc1[nH]c(=O)c(C#N)c2ccc(F)cc12.Cc1cnccc1CSc1[nH]c(=O)c(C#N)c2ccc(F)cc12.Cc1ncccc1CSc1[nH]c(=O)c(C#N)c2ccc(F)cc12. The molecule has 0 fully saturated rings. The predicted molar refractivity (Wildman–Crippen MR) is 353 cm³/mol. The van der Waals surface area contributed by atoms with E-state index in [0.717, 1.165) is 39.1 Å². The molecule has 8 heterocycles. The lowest BCUT2D eigenvalue weighted by atomic mass is 10.1. The fraction of sp³-hybridized carbons (Fsp3) is 0.118. The fourth-order valence-corrected chi connectivity index (χ4v) is 13.6. The largest absolute Gasteiger partial charge is 0.481 e. The number of nitriles is 4. The van der Waals surface area contributed by atoms with Crippen LogP contribution in [0.25, 0.3) is 43.1 Å². The van der Waals surface area contributed by atoms with Gasteiger partial charge in [-0.1, -0.05) is 12.1 Å². The molecule has 4 N–H and O–H groups in total. The van der Waals surface area contributed by atoms with Crippen LogP contribution in [0.5, 0.6) is 5.88 Å². The summed E-state index contributed by atoms with van der Waals surface area (Å²) in [5.74, 6) is 1.11. The van der Waals surface area contributed by atoms with Gasteiger partial charge in [0.2, 0.25) is 5.88 Å². The lowest BCUT2D eigenvalue weighted by Gasteiger charge is -2.09. The van der Waals surface area contributed by atoms with Crippen molar-refractivity contribution in [2.75, 3.05) is 7.11 Å². The molecule has 0 radical (unpaired) electrons. The molecule has 93 heavy (non-hydrogen) atoms. The first kappa shape index (κ1) is 66.6. The second-order valence-electron chi connectivity index (χ2n) is 20.0. The number of nitrogens with zero attached hydrogens (tertiary/aromatic N) is 8. The summed E-state index contributed by atoms with van der Waals surface area (Å²) in [5.41, 5.74) is 5.17. The van der Waals surface area contributed by atoms with Crippen LogP contribution >= 0.6 is 47.0 Å². The number of rotatable bonds is 13. The van der Waals surface area contributed by atoms with E-state index in [0.29, 0.717) is 92.1 Å². The van der Waals surface area contributed by atoms with E-state index in [1.807, 2.05) is 75.4 Å². The van der Waals surface area contributed by atoms with Crippen molar-refractivity contribution in [3.63, 3.8) is 0 Å². The molecule has 0 bridgehead atoms. The maximum Gasteiger partial charge on any atom is 0.267 e. The van der Waals surface area contributed by atoms with Crippen molar-refractivity contribution in [3.05, 3.63) is 272 Å². The zero-order chi connectivity index (χ0) is 66.3. The van der Waals surface area contributed by atoms with Gasteiger partial charge in [0.25, 0.3) is 22.2 Å². The van der Waals surface area contributed by atoms with Crippen molar-refractivity contribution in [3.8, 4) is 30.2 Å². The first-order chi connectivity index (χ1) is 44.9. The Kier molecular flexibility index (Phi) is 22.1. The quantitative estimate of drug-likeness (QED) is 0.0616. The molecule has 0 spiro atoms. The second-order valence-corrected chi connectivity index (χ2v) is 24.0. The molecule has 0 unspecified atom stereocenters. The Balaban J connectivity index is 0.000000146. The molecule has 0 amide bonds. The summed E-state index contributed by atoms with van der Waals surface area (Å²) in [4.78, 5) is 75.4. The van der Waals surface area contributed by atoms with E-state index in [2.05, 4.69) is 39.9 Å². The number of aromatic nitrogens is 8. The highest BCUT2D eigenvalue weighted by Crippen LogP contribution is 2.35. The Morgan fingerprint density at radius 1 is 0.409 bits per heavy atom. The summed E-state index contributed by atoms with van der Waals surface area (Å²) in [5, 5.41) is 42.7. The van der Waals surface area contributed by atoms with Crippen LogP contribution in [0.2, 0.25) is 0 Å². The summed E-state index contributed by atoms with van der Waals surface area (Å²) in [6, 6.07) is 35.0. The average molecular weight is 1320 g/mol. The van der Waals surface area contributed by atoms with E-state index in [4.69, 9.17) is 25.8 Å². The summed E-state index contributed by atoms with van der Waals surface area (Å²) in [6.07, 6.45) is 10.3. The summed E-state index contributed by atoms with van der Waals surface area (Å²) in [6.45, 7) is 5.86. The van der Waals surface area contributed by atoms with Crippen LogP contribution in [0.15, 0.2) is 186 Å². The third kappa shape index (κ3) is 15.9. The highest BCUT2D eigenvalue weighted by atomic mass is 32.2. The second kappa shape index (κ2) is 30.8. The number of pyridine rings is 8. The van der Waals surface area contributed by atoms with Crippen molar-refractivity contribution >= 4 is 90.1 Å². The monoisotopic (exact) mass is 1320 g/mol. The molecule has 462 valence electrons. The number of methoxy groups -OCH3 is 1. The van der Waals surface area contributed by atoms with Crippen molar-refractivity contribution in [2.24, 2.45) is 0 Å². The predicted octanol–water partition coefficient (Wildman–Crippen LogP) is 13.8. The Morgan fingerprint density at radius 3 is 1.14 bits per heavy atom. The van der Waals surface area contributed by atoms with Crippen LogP contribution in [-0.2, 0) is 23.0 Å². The van der Waals surface area contributed by atoms with Gasteiger partial charge in [-0.05, 0) is 146 Å². The van der Waals surface area contributed by atoms with Gasteiger partial charge < -0.3 is 24.7 Å². The molecule has 0 saturated heterocycles. The number of aryl methyl sites for hydroxylation is 3. The number of hydrogen-bond donors (Lipinski definition) is 4. The molecular weight excluding hydrogens is 1270 g/mol. The summed E-state index contributed by atoms with van der Waals surface area (Å²) in [7, 11) is 1.53. The third-order valence-electron chi connectivity index (χ3n) is 14.2. The Bertz CT molecular complexity index is 4900. The standard InChI is InChI=1S/C17H12FN3O2S.3C17H12FN3OS/c1-23-16-10(3-2-6-20-16)9-24-17-13-7-11(18)4-5-12(13)14(8-19)15(22)21-17;1-10-8-20-5-4-11(10)9-23-17-14-6-12(18)2-3-13(14)15(7-19)16(22)21-17;1-10-4-5-20-8-11(10)9-23-17-14-6-12(18)2-3-13(14)15(7-19)16(22)21-17;1-10-11(3-2-6-20-10)9-23-17-14-7-12(18)4-5-13(14)15(8-19)16(22)21-17/h2-7H,9H2,1H3,(H,21,22);2*2-6,8H,9H2,1H3,(H,21,22);2-7H,9H2,1H3,(H,21,22). The summed E-state index contributed by atoms with van der Waals surface area (Å²) >= 11 is 5.50. The van der Waals surface area contributed by atoms with Crippen LogP contribution in [0.3, 0.4) is 0 Å². The van der Waals surface area contributed by atoms with Gasteiger partial charge in [-0.15, -0.1) is 47.0 Å². The van der Waals surface area contributed by atoms with Crippen molar-refractivity contribution in [1.82, 2.24) is 39.9 Å². The Morgan fingerprint density at radius 2 is 0.763 bits per heavy atom. The number of ether oxygens (including phenoxy) is 1. The molecule has 0 aliphatic carbocycles. The number of halogens is 4. The van der Waals surface area contributed by atoms with E-state index < -0.39 is 45.5 Å². The maximum absolute atomic E-state index is 13.6. The van der Waals surface area contributed by atoms with Gasteiger partial charge in [-0.3, -0.25) is 34.1 Å². The molecule has 12 rings (SSSR count). The highest BCUT2D eigenvalue weighted by molar-refractivity contribution is 7.99. The molecule has 25 heteroatoms. The van der Waals surface area contributed by atoms with Crippen LogP contribution in [-0.4, -0.2) is 47.0 Å². The molecule has 0 atom stereocenters. The van der Waals surface area contributed by atoms with E-state index in [1.54, 1.807) is 43.2 Å². The maximum atomic E-state index is 13.6. The van der Waals surface area contributed by atoms with Gasteiger partial charge in [0.05, 0.1) is 27.2 Å². The number of fused-ring (bicyclic) bond motifs is 4. The van der Waals surface area contributed by atoms with E-state index in [1.165, 1.54) is 127 Å². The zero-order valence-electron chi connectivity index (χ0n) is 49.4. The molecule has 4 aromatic carbocycles. The number of aromatic amines is 4. The molecule has 0 aliphatic rings. The minimum atomic E-state index is -0.489. The highest BCUT2D eigenvalue weighted by Gasteiger charge is 2.18. The van der Waals surface area contributed by atoms with Crippen molar-refractivity contribution in [2.45, 2.75) is 63.9 Å². The van der Waals surface area contributed by atoms with Gasteiger partial charge in [-0.2, -0.15) is 21.0 Å². The van der Waals surface area contributed by atoms with Crippen LogP contribution in [0, 0.1) is 89.4 Å². The molecule has 0 saturated carbocycles. The van der Waals surface area contributed by atoms with E-state index >= 15 is 0 Å². The fourth-order valence-electron chi connectivity index (χ4n) is 9.31. The van der Waals surface area contributed by atoms with Gasteiger partial charge in [0, 0.05) is 115 Å². The minimum Gasteiger partial charge on any atom is -0.481 e.